The Balaban J connectivity index is 0.889. The van der Waals surface area contributed by atoms with Crippen LogP contribution < -0.4 is 0 Å². The van der Waals surface area contributed by atoms with E-state index in [0.29, 0.717) is 5.82 Å². The second-order valence-corrected chi connectivity index (χ2v) is 16.8. The molecule has 0 saturated heterocycles. The third-order valence-corrected chi connectivity index (χ3v) is 13.2. The molecule has 0 atom stereocenters. The quantitative estimate of drug-likeness (QED) is 0.124. The third kappa shape index (κ3) is 6.18. The van der Waals surface area contributed by atoms with Crippen LogP contribution in [0.5, 0.6) is 0 Å². The number of benzene rings is 10. The molecule has 0 fully saturated rings. The van der Waals surface area contributed by atoms with Crippen molar-refractivity contribution < 1.29 is 0 Å². The van der Waals surface area contributed by atoms with E-state index >= 15 is 0 Å². The molecule has 0 aliphatic rings. The van der Waals surface area contributed by atoms with Gasteiger partial charge in [-0.1, -0.05) is 194 Å². The van der Waals surface area contributed by atoms with E-state index in [-0.39, 0.29) is 0 Å². The van der Waals surface area contributed by atoms with Crippen molar-refractivity contribution in [3.05, 3.63) is 218 Å². The van der Waals surface area contributed by atoms with Crippen LogP contribution in [0.15, 0.2) is 218 Å². The Bertz CT molecular complexity index is 3610. The summed E-state index contributed by atoms with van der Waals surface area (Å²) in [6, 6.07) is 78.7. The Labute approximate surface area is 357 Å². The lowest BCUT2D eigenvalue weighted by molar-refractivity contribution is 1.18. The minimum Gasteiger partial charge on any atom is -0.228 e. The maximum Gasteiger partial charge on any atom is 0.160 e. The van der Waals surface area contributed by atoms with Crippen molar-refractivity contribution in [2.45, 2.75) is 0 Å². The van der Waals surface area contributed by atoms with Crippen molar-refractivity contribution in [1.29, 1.82) is 0 Å². The predicted octanol–water partition coefficient (Wildman–Crippen LogP) is 16.3. The number of fused-ring (bicyclic) bond motifs is 7. The zero-order valence-electron chi connectivity index (χ0n) is 33.1. The van der Waals surface area contributed by atoms with Crippen molar-refractivity contribution in [1.82, 2.24) is 9.97 Å². The van der Waals surface area contributed by atoms with Gasteiger partial charge in [-0.05, 0) is 90.0 Å². The zero-order valence-corrected chi connectivity index (χ0v) is 33.9. The first-order valence-corrected chi connectivity index (χ1v) is 21.5. The molecule has 3 heteroatoms. The first-order chi connectivity index (χ1) is 30.2. The van der Waals surface area contributed by atoms with E-state index in [4.69, 9.17) is 9.97 Å². The molecule has 0 unspecified atom stereocenters. The molecule has 0 aliphatic heterocycles. The van der Waals surface area contributed by atoms with Crippen LogP contribution in [0.1, 0.15) is 0 Å². The largest absolute Gasteiger partial charge is 0.228 e. The number of thiophene rings is 1. The van der Waals surface area contributed by atoms with E-state index in [1.807, 2.05) is 29.5 Å². The molecule has 0 radical (unpaired) electrons. The minimum absolute atomic E-state index is 0.709. The fourth-order valence-electron chi connectivity index (χ4n) is 9.09. The molecule has 0 saturated carbocycles. The maximum atomic E-state index is 5.13. The molecule has 2 heterocycles. The van der Waals surface area contributed by atoms with Crippen LogP contribution in [0.4, 0.5) is 0 Å². The molecule has 0 bridgehead atoms. The Morgan fingerprint density at radius 3 is 1.57 bits per heavy atom. The van der Waals surface area contributed by atoms with Crippen LogP contribution in [0.25, 0.3) is 120 Å². The van der Waals surface area contributed by atoms with Gasteiger partial charge in [0, 0.05) is 36.9 Å². The normalized spacial score (nSPS) is 11.6. The van der Waals surface area contributed by atoms with E-state index in [1.54, 1.807) is 0 Å². The smallest absolute Gasteiger partial charge is 0.160 e. The van der Waals surface area contributed by atoms with Crippen molar-refractivity contribution in [3.63, 3.8) is 0 Å². The number of aromatic nitrogens is 2. The first kappa shape index (κ1) is 35.2. The molecule has 284 valence electrons. The van der Waals surface area contributed by atoms with Crippen LogP contribution in [0.2, 0.25) is 0 Å². The van der Waals surface area contributed by atoms with Gasteiger partial charge in [0.15, 0.2) is 5.82 Å². The molecule has 12 aromatic rings. The van der Waals surface area contributed by atoms with E-state index in [1.165, 1.54) is 80.3 Å². The van der Waals surface area contributed by atoms with Gasteiger partial charge in [0.05, 0.1) is 11.4 Å². The molecular formula is C58H36N2S. The predicted molar refractivity (Wildman–Crippen MR) is 260 cm³/mol. The fraction of sp³-hybridized carbons (Fsp3) is 0. The van der Waals surface area contributed by atoms with E-state index in [2.05, 4.69) is 200 Å². The highest BCUT2D eigenvalue weighted by molar-refractivity contribution is 7.25. The number of nitrogens with zero attached hydrogens (tertiary/aromatic N) is 2. The van der Waals surface area contributed by atoms with Gasteiger partial charge >= 0.3 is 0 Å². The third-order valence-electron chi connectivity index (χ3n) is 12.1. The van der Waals surface area contributed by atoms with Crippen LogP contribution >= 0.6 is 11.3 Å². The van der Waals surface area contributed by atoms with E-state index < -0.39 is 0 Å². The molecule has 10 aromatic carbocycles. The van der Waals surface area contributed by atoms with Crippen LogP contribution in [0, 0.1) is 0 Å². The Hall–Kier alpha value is -7.72. The van der Waals surface area contributed by atoms with Gasteiger partial charge < -0.3 is 0 Å². The highest BCUT2D eigenvalue weighted by Crippen LogP contribution is 2.42. The molecule has 0 N–H and O–H groups in total. The second kappa shape index (κ2) is 14.5. The highest BCUT2D eigenvalue weighted by Gasteiger charge is 2.15. The average molecular weight is 793 g/mol. The number of rotatable bonds is 6. The van der Waals surface area contributed by atoms with Gasteiger partial charge in [0.25, 0.3) is 0 Å². The summed E-state index contributed by atoms with van der Waals surface area (Å²) < 4.78 is 2.62. The Kier molecular flexibility index (Phi) is 8.39. The molecule has 2 aromatic heterocycles. The molecule has 0 spiro atoms. The molecule has 2 nitrogen and oxygen atoms in total. The Morgan fingerprint density at radius 2 is 0.852 bits per heavy atom. The SMILES string of the molecule is c1ccc(-c2nc(-c3ccc(-c4ccc(-c5c6ccccc6cc6c5ccc5ccccc56)cc4)cc3)cc(-c3ccc(-c4cccc5sc6ccccc6c45)cc3)n2)cc1. The van der Waals surface area contributed by atoms with E-state index in [0.717, 1.165) is 33.6 Å². The Morgan fingerprint density at radius 1 is 0.295 bits per heavy atom. The lowest BCUT2D eigenvalue weighted by Crippen LogP contribution is -1.96. The lowest BCUT2D eigenvalue weighted by atomic mass is 9.89. The number of hydrogen-bond donors (Lipinski definition) is 0. The first-order valence-electron chi connectivity index (χ1n) is 20.7. The van der Waals surface area contributed by atoms with Crippen molar-refractivity contribution >= 4 is 63.8 Å². The second-order valence-electron chi connectivity index (χ2n) is 15.7. The minimum atomic E-state index is 0.709. The average Bonchev–Trinajstić information content (AvgIpc) is 3.73. The summed E-state index contributed by atoms with van der Waals surface area (Å²) in [6.45, 7) is 0. The topological polar surface area (TPSA) is 25.8 Å². The van der Waals surface area contributed by atoms with Crippen molar-refractivity contribution in [3.8, 4) is 67.3 Å². The summed E-state index contributed by atoms with van der Waals surface area (Å²) in [5, 5.41) is 10.2. The van der Waals surface area contributed by atoms with Crippen molar-refractivity contribution in [2.75, 3.05) is 0 Å². The van der Waals surface area contributed by atoms with Gasteiger partial charge in [-0.2, -0.15) is 0 Å². The highest BCUT2D eigenvalue weighted by atomic mass is 32.1. The van der Waals surface area contributed by atoms with Gasteiger partial charge in [-0.15, -0.1) is 11.3 Å². The summed E-state index contributed by atoms with van der Waals surface area (Å²) >= 11 is 1.85. The lowest BCUT2D eigenvalue weighted by Gasteiger charge is -2.14. The standard InChI is InChI=1S/C58H36N2S/c1-2-12-44(13-3-1)58-59-52(36-53(60-58)42-29-25-40(26-30-42)47-18-10-20-55-57(47)50-17-8-9-19-54(50)61-55)41-27-21-37(22-28-41)38-23-31-43(32-24-38)56-48-16-7-5-14-45(48)35-51-46-15-6-4-11-39(46)33-34-49(51)56/h1-36H. The van der Waals surface area contributed by atoms with Gasteiger partial charge in [0.2, 0.25) is 0 Å². The number of hydrogen-bond acceptors (Lipinski definition) is 3. The molecule has 0 amide bonds. The van der Waals surface area contributed by atoms with Gasteiger partial charge in [-0.25, -0.2) is 9.97 Å². The summed E-state index contributed by atoms with van der Waals surface area (Å²) in [4.78, 5) is 10.3. The molecule has 61 heavy (non-hydrogen) atoms. The monoisotopic (exact) mass is 792 g/mol. The molecule has 12 rings (SSSR count). The van der Waals surface area contributed by atoms with Crippen LogP contribution in [-0.4, -0.2) is 9.97 Å². The maximum absolute atomic E-state index is 5.13. The fourth-order valence-corrected chi connectivity index (χ4v) is 10.2. The zero-order chi connectivity index (χ0) is 40.3. The van der Waals surface area contributed by atoms with Gasteiger partial charge in [-0.3, -0.25) is 0 Å². The van der Waals surface area contributed by atoms with Crippen LogP contribution in [0.3, 0.4) is 0 Å². The summed E-state index contributed by atoms with van der Waals surface area (Å²) in [6.07, 6.45) is 0. The van der Waals surface area contributed by atoms with Crippen LogP contribution in [-0.2, 0) is 0 Å². The summed E-state index contributed by atoms with van der Waals surface area (Å²) in [7, 11) is 0. The van der Waals surface area contributed by atoms with Gasteiger partial charge in [0.1, 0.15) is 0 Å². The van der Waals surface area contributed by atoms with E-state index in [9.17, 15) is 0 Å². The van der Waals surface area contributed by atoms with Crippen molar-refractivity contribution in [2.24, 2.45) is 0 Å². The summed E-state index contributed by atoms with van der Waals surface area (Å²) in [5.74, 6) is 0.709. The summed E-state index contributed by atoms with van der Waals surface area (Å²) in [5.41, 5.74) is 12.1. The molecular weight excluding hydrogens is 757 g/mol. The molecule has 0 aliphatic carbocycles.